The molecule has 18 heavy (non-hydrogen) atoms. The first kappa shape index (κ1) is 13.2. The molecule has 0 spiro atoms. The standard InChI is InChI=1S/C11H19N5OS/c1-7-5-4-6-8(2)16(7)15-9(17)10-13-14-11(12-3)18-10/h7-8H,4-6H2,1-3H3,(H,12,14)(H,15,17). The molecule has 1 aliphatic heterocycles. The van der Waals surface area contributed by atoms with E-state index in [1.165, 1.54) is 17.8 Å². The minimum atomic E-state index is -0.172. The lowest BCUT2D eigenvalue weighted by molar-refractivity contribution is 0.0369. The quantitative estimate of drug-likeness (QED) is 0.870. The highest BCUT2D eigenvalue weighted by Crippen LogP contribution is 2.21. The first-order valence-corrected chi connectivity index (χ1v) is 7.04. The highest BCUT2D eigenvalue weighted by atomic mass is 32.1. The summed E-state index contributed by atoms with van der Waals surface area (Å²) in [5.74, 6) is -0.172. The summed E-state index contributed by atoms with van der Waals surface area (Å²) >= 11 is 1.26. The van der Waals surface area contributed by atoms with Crippen LogP contribution in [0.25, 0.3) is 0 Å². The molecule has 2 heterocycles. The number of carbonyl (C=O) groups is 1. The number of hydrogen-bond acceptors (Lipinski definition) is 6. The topological polar surface area (TPSA) is 70.1 Å². The summed E-state index contributed by atoms with van der Waals surface area (Å²) in [7, 11) is 1.76. The zero-order valence-electron chi connectivity index (χ0n) is 10.9. The monoisotopic (exact) mass is 269 g/mol. The summed E-state index contributed by atoms with van der Waals surface area (Å²) in [5.41, 5.74) is 2.95. The Balaban J connectivity index is 2.01. The highest BCUT2D eigenvalue weighted by molar-refractivity contribution is 7.17. The second-order valence-electron chi connectivity index (χ2n) is 4.64. The number of nitrogens with zero attached hydrogens (tertiary/aromatic N) is 3. The SMILES string of the molecule is CNc1nnc(C(=O)NN2C(C)CCCC2C)s1. The number of nitrogens with one attached hydrogen (secondary N) is 2. The van der Waals surface area contributed by atoms with E-state index in [1.54, 1.807) is 7.05 Å². The van der Waals surface area contributed by atoms with Crippen LogP contribution in [0.2, 0.25) is 0 Å². The van der Waals surface area contributed by atoms with Gasteiger partial charge in [-0.3, -0.25) is 10.2 Å². The predicted molar refractivity (Wildman–Crippen MR) is 71.5 cm³/mol. The Labute approximate surface area is 111 Å². The lowest BCUT2D eigenvalue weighted by Gasteiger charge is -2.38. The molecule has 0 saturated carbocycles. The van der Waals surface area contributed by atoms with E-state index in [9.17, 15) is 4.79 Å². The second-order valence-corrected chi connectivity index (χ2v) is 5.62. The van der Waals surface area contributed by atoms with Gasteiger partial charge in [0.25, 0.3) is 5.91 Å². The smallest absolute Gasteiger partial charge is 0.296 e. The molecule has 7 heteroatoms. The van der Waals surface area contributed by atoms with Crippen LogP contribution >= 0.6 is 11.3 Å². The molecular formula is C11H19N5OS. The van der Waals surface area contributed by atoms with E-state index in [0.717, 1.165) is 12.8 Å². The van der Waals surface area contributed by atoms with Crippen LogP contribution in [0.3, 0.4) is 0 Å². The third-order valence-electron chi connectivity index (χ3n) is 3.26. The molecule has 6 nitrogen and oxygen atoms in total. The highest BCUT2D eigenvalue weighted by Gasteiger charge is 2.27. The van der Waals surface area contributed by atoms with Crippen LogP contribution in [0.4, 0.5) is 5.13 Å². The first-order valence-electron chi connectivity index (χ1n) is 6.22. The molecule has 1 aliphatic rings. The van der Waals surface area contributed by atoms with Crippen molar-refractivity contribution in [1.29, 1.82) is 0 Å². The Morgan fingerprint density at radius 1 is 1.33 bits per heavy atom. The average Bonchev–Trinajstić information content (AvgIpc) is 2.82. The van der Waals surface area contributed by atoms with Crippen molar-refractivity contribution in [1.82, 2.24) is 20.6 Å². The molecule has 1 fully saturated rings. The molecule has 2 atom stereocenters. The number of aromatic nitrogens is 2. The number of rotatable bonds is 3. The van der Waals surface area contributed by atoms with Gasteiger partial charge in [-0.15, -0.1) is 10.2 Å². The Morgan fingerprint density at radius 3 is 2.56 bits per heavy atom. The fourth-order valence-electron chi connectivity index (χ4n) is 2.22. The second kappa shape index (κ2) is 5.62. The van der Waals surface area contributed by atoms with Gasteiger partial charge in [-0.2, -0.15) is 0 Å². The molecule has 100 valence electrons. The van der Waals surface area contributed by atoms with E-state index in [1.807, 2.05) is 5.01 Å². The van der Waals surface area contributed by atoms with E-state index >= 15 is 0 Å². The van der Waals surface area contributed by atoms with Crippen molar-refractivity contribution in [3.8, 4) is 0 Å². The third-order valence-corrected chi connectivity index (χ3v) is 4.20. The van der Waals surface area contributed by atoms with Crippen molar-refractivity contribution in [3.05, 3.63) is 5.01 Å². The normalized spacial score (nSPS) is 24.8. The van der Waals surface area contributed by atoms with Gasteiger partial charge in [0.05, 0.1) is 0 Å². The van der Waals surface area contributed by atoms with Gasteiger partial charge in [0.1, 0.15) is 0 Å². The Hall–Kier alpha value is -1.21. The van der Waals surface area contributed by atoms with Crippen molar-refractivity contribution >= 4 is 22.4 Å². The van der Waals surface area contributed by atoms with E-state index in [0.29, 0.717) is 22.2 Å². The molecule has 1 aromatic rings. The third kappa shape index (κ3) is 2.78. The van der Waals surface area contributed by atoms with Gasteiger partial charge in [-0.25, -0.2) is 5.01 Å². The van der Waals surface area contributed by atoms with Crippen LogP contribution in [0, 0.1) is 0 Å². The Bertz CT molecular complexity index is 411. The van der Waals surface area contributed by atoms with Crippen molar-refractivity contribution in [2.75, 3.05) is 12.4 Å². The van der Waals surface area contributed by atoms with Gasteiger partial charge in [-0.05, 0) is 26.7 Å². The van der Waals surface area contributed by atoms with Gasteiger partial charge in [0, 0.05) is 19.1 Å². The van der Waals surface area contributed by atoms with Gasteiger partial charge < -0.3 is 5.32 Å². The maximum Gasteiger partial charge on any atom is 0.296 e. The van der Waals surface area contributed by atoms with Crippen molar-refractivity contribution in [2.24, 2.45) is 0 Å². The molecule has 2 unspecified atom stereocenters. The van der Waals surface area contributed by atoms with Crippen molar-refractivity contribution < 1.29 is 4.79 Å². The number of hydrogen-bond donors (Lipinski definition) is 2. The van der Waals surface area contributed by atoms with Gasteiger partial charge in [0.15, 0.2) is 0 Å². The van der Waals surface area contributed by atoms with E-state index in [2.05, 4.69) is 34.8 Å². The molecular weight excluding hydrogens is 250 g/mol. The fraction of sp³-hybridized carbons (Fsp3) is 0.727. The summed E-state index contributed by atoms with van der Waals surface area (Å²) in [4.78, 5) is 12.1. The number of carbonyl (C=O) groups excluding carboxylic acids is 1. The number of hydrazine groups is 1. The molecule has 1 saturated heterocycles. The number of amides is 1. The van der Waals surface area contributed by atoms with Crippen LogP contribution in [0.1, 0.15) is 42.9 Å². The zero-order chi connectivity index (χ0) is 13.1. The lowest BCUT2D eigenvalue weighted by atomic mass is 10.00. The number of anilines is 1. The average molecular weight is 269 g/mol. The summed E-state index contributed by atoms with van der Waals surface area (Å²) in [6.07, 6.45) is 3.45. The molecule has 0 bridgehead atoms. The fourth-order valence-corrected chi connectivity index (χ4v) is 2.81. The van der Waals surface area contributed by atoms with Crippen LogP contribution in [0.15, 0.2) is 0 Å². The van der Waals surface area contributed by atoms with E-state index < -0.39 is 0 Å². The largest absolute Gasteiger partial charge is 0.363 e. The first-order chi connectivity index (χ1) is 8.61. The summed E-state index contributed by atoms with van der Waals surface area (Å²) in [5, 5.41) is 13.7. The van der Waals surface area contributed by atoms with E-state index in [4.69, 9.17) is 0 Å². The molecule has 1 amide bonds. The van der Waals surface area contributed by atoms with Gasteiger partial charge in [0.2, 0.25) is 10.1 Å². The van der Waals surface area contributed by atoms with Crippen LogP contribution in [-0.2, 0) is 0 Å². The maximum absolute atomic E-state index is 12.1. The number of piperidine rings is 1. The molecule has 0 radical (unpaired) electrons. The molecule has 2 N–H and O–H groups in total. The predicted octanol–water partition coefficient (Wildman–Crippen LogP) is 1.49. The van der Waals surface area contributed by atoms with Crippen LogP contribution in [-0.4, -0.2) is 40.2 Å². The van der Waals surface area contributed by atoms with Gasteiger partial charge in [-0.1, -0.05) is 17.8 Å². The van der Waals surface area contributed by atoms with Crippen molar-refractivity contribution in [3.63, 3.8) is 0 Å². The van der Waals surface area contributed by atoms with Gasteiger partial charge >= 0.3 is 0 Å². The summed E-state index contributed by atoms with van der Waals surface area (Å²) in [6, 6.07) is 0.740. The Morgan fingerprint density at radius 2 is 2.00 bits per heavy atom. The van der Waals surface area contributed by atoms with Crippen LogP contribution in [0.5, 0.6) is 0 Å². The molecule has 1 aromatic heterocycles. The van der Waals surface area contributed by atoms with Crippen molar-refractivity contribution in [2.45, 2.75) is 45.2 Å². The summed E-state index contributed by atoms with van der Waals surface area (Å²) in [6.45, 7) is 4.27. The molecule has 0 aromatic carbocycles. The Kier molecular flexibility index (Phi) is 4.13. The maximum atomic E-state index is 12.1. The summed E-state index contributed by atoms with van der Waals surface area (Å²) < 4.78 is 0. The van der Waals surface area contributed by atoms with Crippen LogP contribution < -0.4 is 10.7 Å². The minimum Gasteiger partial charge on any atom is -0.363 e. The van der Waals surface area contributed by atoms with E-state index in [-0.39, 0.29) is 5.91 Å². The lowest BCUT2D eigenvalue weighted by Crippen LogP contribution is -2.54. The molecule has 2 rings (SSSR count). The zero-order valence-corrected chi connectivity index (χ0v) is 11.8. The minimum absolute atomic E-state index is 0.172. The molecule has 0 aliphatic carbocycles.